The van der Waals surface area contributed by atoms with Crippen molar-refractivity contribution < 1.29 is 14.3 Å². The summed E-state index contributed by atoms with van der Waals surface area (Å²) in [7, 11) is 3.16. The molecule has 0 saturated carbocycles. The first-order valence-electron chi connectivity index (χ1n) is 8.07. The third-order valence-corrected chi connectivity index (χ3v) is 4.55. The topological polar surface area (TPSA) is 63.3 Å². The highest BCUT2D eigenvalue weighted by molar-refractivity contribution is 6.07. The molecule has 0 unspecified atom stereocenters. The molecule has 0 aliphatic heterocycles. The number of carbonyl (C=O) groups excluding carboxylic acids is 1. The smallest absolute Gasteiger partial charge is 0.255 e. The van der Waals surface area contributed by atoms with Gasteiger partial charge in [0.25, 0.3) is 5.91 Å². The predicted octanol–water partition coefficient (Wildman–Crippen LogP) is 4.36. The normalized spacial score (nSPS) is 10.8. The van der Waals surface area contributed by atoms with E-state index in [0.717, 1.165) is 27.7 Å². The minimum atomic E-state index is -0.157. The number of H-pyrrole nitrogens is 1. The maximum atomic E-state index is 12.7. The van der Waals surface area contributed by atoms with Crippen LogP contribution in [0.15, 0.2) is 30.3 Å². The van der Waals surface area contributed by atoms with Gasteiger partial charge in [-0.15, -0.1) is 0 Å². The fourth-order valence-corrected chi connectivity index (χ4v) is 2.91. The predicted molar refractivity (Wildman–Crippen MR) is 100 cm³/mol. The Labute approximate surface area is 147 Å². The van der Waals surface area contributed by atoms with Gasteiger partial charge >= 0.3 is 0 Å². The molecule has 0 atom stereocenters. The lowest BCUT2D eigenvalue weighted by Gasteiger charge is -2.13. The van der Waals surface area contributed by atoms with Gasteiger partial charge in [0.15, 0.2) is 11.5 Å². The zero-order valence-corrected chi connectivity index (χ0v) is 15.1. The molecule has 1 amide bonds. The standard InChI is InChI=1S/C20H22N2O3/c1-11-8-18(24-4)19(25-5)10-17(11)22-20(23)14-6-7-16-15(9-14)12(2)13(3)21-16/h6-10,21H,1-5H3,(H,22,23). The van der Waals surface area contributed by atoms with Crippen LogP contribution in [0, 0.1) is 20.8 Å². The molecule has 5 nitrogen and oxygen atoms in total. The van der Waals surface area contributed by atoms with Crippen LogP contribution in [0.2, 0.25) is 0 Å². The van der Waals surface area contributed by atoms with E-state index in [1.54, 1.807) is 20.3 Å². The summed E-state index contributed by atoms with van der Waals surface area (Å²) in [6, 6.07) is 9.29. The number of amides is 1. The van der Waals surface area contributed by atoms with Crippen LogP contribution in [-0.2, 0) is 0 Å². The number of aryl methyl sites for hydroxylation is 3. The molecule has 130 valence electrons. The number of nitrogens with one attached hydrogen (secondary N) is 2. The Hall–Kier alpha value is -2.95. The first kappa shape index (κ1) is 16.9. The zero-order valence-electron chi connectivity index (χ0n) is 15.1. The fraction of sp³-hybridized carbons (Fsp3) is 0.250. The molecule has 25 heavy (non-hydrogen) atoms. The minimum absolute atomic E-state index is 0.157. The first-order chi connectivity index (χ1) is 11.9. The van der Waals surface area contributed by atoms with Crippen LogP contribution in [0.3, 0.4) is 0 Å². The van der Waals surface area contributed by atoms with Gasteiger partial charge in [0.2, 0.25) is 0 Å². The van der Waals surface area contributed by atoms with E-state index in [2.05, 4.69) is 10.3 Å². The third kappa shape index (κ3) is 3.05. The molecule has 1 aromatic heterocycles. The highest BCUT2D eigenvalue weighted by atomic mass is 16.5. The quantitative estimate of drug-likeness (QED) is 0.743. The molecule has 5 heteroatoms. The molecule has 0 aliphatic carbocycles. The zero-order chi connectivity index (χ0) is 18.1. The van der Waals surface area contributed by atoms with Crippen LogP contribution in [0.1, 0.15) is 27.2 Å². The van der Waals surface area contributed by atoms with E-state index >= 15 is 0 Å². The molecule has 0 spiro atoms. The number of benzene rings is 2. The molecule has 2 aromatic carbocycles. The summed E-state index contributed by atoms with van der Waals surface area (Å²) < 4.78 is 10.6. The number of fused-ring (bicyclic) bond motifs is 1. The van der Waals surface area contributed by atoms with Crippen molar-refractivity contribution in [2.45, 2.75) is 20.8 Å². The van der Waals surface area contributed by atoms with Gasteiger partial charge in [-0.1, -0.05) is 0 Å². The molecule has 0 bridgehead atoms. The van der Waals surface area contributed by atoms with Crippen molar-refractivity contribution in [2.24, 2.45) is 0 Å². The Balaban J connectivity index is 1.93. The van der Waals surface area contributed by atoms with E-state index in [9.17, 15) is 4.79 Å². The summed E-state index contributed by atoms with van der Waals surface area (Å²) in [6.45, 7) is 6.00. The van der Waals surface area contributed by atoms with Gasteiger partial charge in [0.05, 0.1) is 14.2 Å². The number of hydrogen-bond donors (Lipinski definition) is 2. The number of carbonyl (C=O) groups is 1. The van der Waals surface area contributed by atoms with Gasteiger partial charge in [-0.25, -0.2) is 0 Å². The first-order valence-corrected chi connectivity index (χ1v) is 8.07. The number of methoxy groups -OCH3 is 2. The van der Waals surface area contributed by atoms with E-state index in [1.165, 1.54) is 0 Å². The van der Waals surface area contributed by atoms with Crippen molar-refractivity contribution in [3.05, 3.63) is 52.7 Å². The van der Waals surface area contributed by atoms with Crippen LogP contribution in [-0.4, -0.2) is 25.1 Å². The largest absolute Gasteiger partial charge is 0.493 e. The molecule has 3 aromatic rings. The Bertz CT molecular complexity index is 957. The maximum absolute atomic E-state index is 12.7. The molecule has 0 fully saturated rings. The van der Waals surface area contributed by atoms with Crippen LogP contribution >= 0.6 is 0 Å². The summed E-state index contributed by atoms with van der Waals surface area (Å²) in [6.07, 6.45) is 0. The molecular formula is C20H22N2O3. The van der Waals surface area contributed by atoms with Gasteiger partial charge in [-0.05, 0) is 56.2 Å². The molecular weight excluding hydrogens is 316 g/mol. The lowest BCUT2D eigenvalue weighted by molar-refractivity contribution is 0.102. The Morgan fingerprint density at radius 1 is 1.00 bits per heavy atom. The SMILES string of the molecule is COc1cc(C)c(NC(=O)c2ccc3[nH]c(C)c(C)c3c2)cc1OC. The van der Waals surface area contributed by atoms with Crippen LogP contribution in [0.25, 0.3) is 10.9 Å². The van der Waals surface area contributed by atoms with Crippen molar-refractivity contribution >= 4 is 22.5 Å². The number of ether oxygens (including phenoxy) is 2. The van der Waals surface area contributed by atoms with Gasteiger partial charge < -0.3 is 19.8 Å². The van der Waals surface area contributed by atoms with Crippen molar-refractivity contribution in [1.29, 1.82) is 0 Å². The van der Waals surface area contributed by atoms with E-state index in [4.69, 9.17) is 9.47 Å². The van der Waals surface area contributed by atoms with E-state index < -0.39 is 0 Å². The van der Waals surface area contributed by atoms with Crippen molar-refractivity contribution in [2.75, 3.05) is 19.5 Å². The Kier molecular flexibility index (Phi) is 4.40. The maximum Gasteiger partial charge on any atom is 0.255 e. The van der Waals surface area contributed by atoms with E-state index in [1.807, 2.05) is 45.0 Å². The number of anilines is 1. The highest BCUT2D eigenvalue weighted by Gasteiger charge is 2.14. The average molecular weight is 338 g/mol. The van der Waals surface area contributed by atoms with Crippen LogP contribution in [0.4, 0.5) is 5.69 Å². The van der Waals surface area contributed by atoms with Gasteiger partial charge in [0.1, 0.15) is 0 Å². The molecule has 1 heterocycles. The molecule has 0 radical (unpaired) electrons. The van der Waals surface area contributed by atoms with E-state index in [0.29, 0.717) is 22.7 Å². The van der Waals surface area contributed by atoms with Crippen molar-refractivity contribution in [3.63, 3.8) is 0 Å². The molecule has 2 N–H and O–H groups in total. The summed E-state index contributed by atoms with van der Waals surface area (Å²) in [5.41, 5.74) is 5.53. The second-order valence-corrected chi connectivity index (χ2v) is 6.11. The lowest BCUT2D eigenvalue weighted by atomic mass is 10.1. The summed E-state index contributed by atoms with van der Waals surface area (Å²) >= 11 is 0. The number of aromatic nitrogens is 1. The summed E-state index contributed by atoms with van der Waals surface area (Å²) in [4.78, 5) is 16.0. The Morgan fingerprint density at radius 2 is 1.68 bits per heavy atom. The highest BCUT2D eigenvalue weighted by Crippen LogP contribution is 2.33. The summed E-state index contributed by atoms with van der Waals surface area (Å²) in [5, 5.41) is 4.02. The summed E-state index contributed by atoms with van der Waals surface area (Å²) in [5.74, 6) is 1.06. The van der Waals surface area contributed by atoms with Crippen LogP contribution in [0.5, 0.6) is 11.5 Å². The van der Waals surface area contributed by atoms with Gasteiger partial charge in [-0.2, -0.15) is 0 Å². The van der Waals surface area contributed by atoms with Crippen LogP contribution < -0.4 is 14.8 Å². The van der Waals surface area contributed by atoms with Crippen molar-refractivity contribution in [3.8, 4) is 11.5 Å². The lowest BCUT2D eigenvalue weighted by Crippen LogP contribution is -2.13. The third-order valence-electron chi connectivity index (χ3n) is 4.55. The second kappa shape index (κ2) is 6.51. The fourth-order valence-electron chi connectivity index (χ4n) is 2.91. The molecule has 3 rings (SSSR count). The Morgan fingerprint density at radius 3 is 2.36 bits per heavy atom. The van der Waals surface area contributed by atoms with Gasteiger partial charge in [0, 0.05) is 33.9 Å². The number of hydrogen-bond acceptors (Lipinski definition) is 3. The number of rotatable bonds is 4. The number of aromatic amines is 1. The van der Waals surface area contributed by atoms with Crippen molar-refractivity contribution in [1.82, 2.24) is 4.98 Å². The second-order valence-electron chi connectivity index (χ2n) is 6.11. The van der Waals surface area contributed by atoms with Gasteiger partial charge in [-0.3, -0.25) is 4.79 Å². The molecule has 0 aliphatic rings. The monoisotopic (exact) mass is 338 g/mol. The molecule has 0 saturated heterocycles. The minimum Gasteiger partial charge on any atom is -0.493 e. The average Bonchev–Trinajstić information content (AvgIpc) is 2.90. The van der Waals surface area contributed by atoms with E-state index in [-0.39, 0.29) is 5.91 Å².